The van der Waals surface area contributed by atoms with Gasteiger partial charge in [0.25, 0.3) is 0 Å². The molecule has 0 aliphatic rings. The minimum absolute atomic E-state index is 0.164. The van der Waals surface area contributed by atoms with Crippen LogP contribution in [0.15, 0.2) is 0 Å². The van der Waals surface area contributed by atoms with Crippen LogP contribution in [-0.2, 0) is 14.2 Å². The van der Waals surface area contributed by atoms with Crippen molar-refractivity contribution in [3.63, 3.8) is 0 Å². The number of rotatable bonds is 48. The maximum atomic E-state index is 6.92. The number of hydrogen-bond donors (Lipinski definition) is 0. The first-order chi connectivity index (χ1) is 30.9. The molecule has 392 valence electrons. The Morgan fingerprint density at radius 3 is 0.800 bits per heavy atom. The number of ether oxygens (including phenoxy) is 3. The van der Waals surface area contributed by atoms with E-state index < -0.39 is 0 Å². The summed E-state index contributed by atoms with van der Waals surface area (Å²) in [7, 11) is 0. The van der Waals surface area contributed by atoms with E-state index in [1.165, 1.54) is 154 Å². The highest BCUT2D eigenvalue weighted by Gasteiger charge is 2.22. The van der Waals surface area contributed by atoms with Crippen molar-refractivity contribution in [3.8, 4) is 0 Å². The van der Waals surface area contributed by atoms with E-state index in [2.05, 4.69) is 129 Å². The minimum atomic E-state index is -0.164. The molecule has 0 aromatic heterocycles. The second-order valence-corrected chi connectivity index (χ2v) is 26.9. The van der Waals surface area contributed by atoms with Crippen LogP contribution in [0.4, 0.5) is 0 Å². The molecule has 0 spiro atoms. The van der Waals surface area contributed by atoms with Gasteiger partial charge in [-0.25, -0.2) is 0 Å². The fourth-order valence-corrected chi connectivity index (χ4v) is 13.3. The van der Waals surface area contributed by atoms with Crippen molar-refractivity contribution in [2.24, 2.45) is 59.2 Å². The third kappa shape index (κ3) is 43.4. The normalized spacial score (nSPS) is 18.8. The molecule has 0 radical (unpaired) electrons. The molecule has 0 aliphatic carbocycles. The molecule has 14 unspecified atom stereocenters. The monoisotopic (exact) mass is 1050 g/mol. The van der Waals surface area contributed by atoms with Gasteiger partial charge in [0.1, 0.15) is 0 Å². The first kappa shape index (κ1) is 65.8. The van der Waals surface area contributed by atoms with Crippen LogP contribution in [-0.4, -0.2) is 35.4 Å². The highest BCUT2D eigenvalue weighted by atomic mass is 79.9. The van der Waals surface area contributed by atoms with Crippen LogP contribution < -0.4 is 0 Å². The lowest BCUT2D eigenvalue weighted by Gasteiger charge is -2.27. The van der Waals surface area contributed by atoms with Crippen LogP contribution in [0.1, 0.15) is 290 Å². The highest BCUT2D eigenvalue weighted by Crippen LogP contribution is 2.32. The van der Waals surface area contributed by atoms with E-state index in [0.717, 1.165) is 111 Å². The van der Waals surface area contributed by atoms with E-state index in [0.29, 0.717) is 9.65 Å². The molecule has 5 heteroatoms. The molecule has 0 bridgehead atoms. The van der Waals surface area contributed by atoms with Crippen molar-refractivity contribution in [2.75, 3.05) is 13.2 Å². The maximum absolute atomic E-state index is 6.92. The van der Waals surface area contributed by atoms with E-state index in [1.807, 2.05) is 0 Å². The van der Waals surface area contributed by atoms with Crippen LogP contribution in [0, 0.1) is 59.2 Å². The van der Waals surface area contributed by atoms with Crippen LogP contribution in [0.2, 0.25) is 0 Å². The summed E-state index contributed by atoms with van der Waals surface area (Å²) in [6.45, 7) is 35.7. The van der Waals surface area contributed by atoms with Gasteiger partial charge in [-0.3, -0.25) is 0 Å². The Balaban J connectivity index is 5.38. The minimum Gasteiger partial charge on any atom is -0.353 e. The molecule has 0 saturated heterocycles. The molecule has 65 heavy (non-hydrogen) atoms. The van der Waals surface area contributed by atoms with Gasteiger partial charge in [0.05, 0.1) is 0 Å². The van der Waals surface area contributed by atoms with Gasteiger partial charge in [0, 0.05) is 22.9 Å². The summed E-state index contributed by atoms with van der Waals surface area (Å²) in [6.07, 6.45) is 38.1. The van der Waals surface area contributed by atoms with Crippen molar-refractivity contribution < 1.29 is 14.2 Å². The molecule has 14 atom stereocenters. The second kappa shape index (κ2) is 43.6. The lowest BCUT2D eigenvalue weighted by Crippen LogP contribution is -2.28. The predicted molar refractivity (Wildman–Crippen MR) is 299 cm³/mol. The van der Waals surface area contributed by atoms with E-state index in [4.69, 9.17) is 14.2 Å². The molecule has 0 amide bonds. The van der Waals surface area contributed by atoms with E-state index in [1.54, 1.807) is 0 Å². The summed E-state index contributed by atoms with van der Waals surface area (Å²) >= 11 is 7.54. The largest absolute Gasteiger partial charge is 0.353 e. The zero-order valence-electron chi connectivity index (χ0n) is 46.7. The molecule has 0 aliphatic heterocycles. The van der Waals surface area contributed by atoms with Gasteiger partial charge in [-0.1, -0.05) is 219 Å². The van der Waals surface area contributed by atoms with Crippen molar-refractivity contribution in [1.82, 2.24) is 0 Å². The van der Waals surface area contributed by atoms with Gasteiger partial charge < -0.3 is 14.2 Å². The van der Waals surface area contributed by atoms with Crippen molar-refractivity contribution >= 4 is 31.9 Å². The Morgan fingerprint density at radius 1 is 0.277 bits per heavy atom. The maximum Gasteiger partial charge on any atom is 0.160 e. The molecule has 0 rings (SSSR count). The van der Waals surface area contributed by atoms with E-state index >= 15 is 0 Å². The number of hydrogen-bond acceptors (Lipinski definition) is 3. The first-order valence-electron chi connectivity index (χ1n) is 29.1. The van der Waals surface area contributed by atoms with Crippen LogP contribution in [0.5, 0.6) is 0 Å². The molecular weight excluding hydrogens is 928 g/mol. The van der Waals surface area contributed by atoms with Gasteiger partial charge in [-0.15, -0.1) is 0 Å². The zero-order chi connectivity index (χ0) is 48.8. The smallest absolute Gasteiger partial charge is 0.160 e. The lowest BCUT2D eigenvalue weighted by molar-refractivity contribution is -0.250. The van der Waals surface area contributed by atoms with E-state index in [-0.39, 0.29) is 12.6 Å². The third-order valence-corrected chi connectivity index (χ3v) is 15.3. The Kier molecular flexibility index (Phi) is 44.2. The molecule has 0 aromatic rings. The van der Waals surface area contributed by atoms with E-state index in [9.17, 15) is 0 Å². The predicted octanol–water partition coefficient (Wildman–Crippen LogP) is 21.4. The Bertz CT molecular complexity index is 915. The van der Waals surface area contributed by atoms with Gasteiger partial charge in [0.2, 0.25) is 0 Å². The Hall–Kier alpha value is 0.840. The summed E-state index contributed by atoms with van der Waals surface area (Å²) in [5.41, 5.74) is 0. The van der Waals surface area contributed by atoms with Crippen LogP contribution >= 0.6 is 31.9 Å². The average molecular weight is 1050 g/mol. The average Bonchev–Trinajstić information content (AvgIpc) is 3.18. The molecule has 0 N–H and O–H groups in total. The summed E-state index contributed by atoms with van der Waals surface area (Å²) in [6, 6.07) is 0. The summed E-state index contributed by atoms with van der Waals surface area (Å²) in [5.74, 6) is 7.86. The summed E-state index contributed by atoms with van der Waals surface area (Å²) in [4.78, 5) is 1.25. The number of halogens is 2. The van der Waals surface area contributed by atoms with Gasteiger partial charge in [-0.2, -0.15) is 0 Å². The molecule has 0 fully saturated rings. The fraction of sp³-hybridized carbons (Fsp3) is 1.00. The van der Waals surface area contributed by atoms with Crippen LogP contribution in [0.3, 0.4) is 0 Å². The third-order valence-electron chi connectivity index (χ3n) is 14.6. The summed E-state index contributed by atoms with van der Waals surface area (Å²) in [5, 5.41) is 0. The van der Waals surface area contributed by atoms with Gasteiger partial charge in [-0.05, 0) is 162 Å². The number of unbranched alkanes of at least 4 members (excludes halogenated alkanes) is 12. The molecule has 0 saturated carbocycles. The molecular formula is C60H120Br2O3. The second-order valence-electron chi connectivity index (χ2n) is 23.8. The highest BCUT2D eigenvalue weighted by molar-refractivity contribution is 9.09. The zero-order valence-corrected chi connectivity index (χ0v) is 49.9. The standard InChI is InChI=1S/C60H120Br2O3/c1-15-17-19-21-23-25-27-35-63-59(33-29-31-47(3)37-49(5)39-51(7)41-53(9)43-55(11)45-57(13)61)65-60(64-36-28-26-24-22-20-18-16-2)34-30-32-48(4)38-50(6)40-52(8)42-54(10)44-56(12)46-58(14)62/h47-60H,15-46H2,1-14H3. The molecule has 0 aromatic carbocycles. The van der Waals surface area contributed by atoms with Crippen LogP contribution in [0.25, 0.3) is 0 Å². The fourth-order valence-electron chi connectivity index (χ4n) is 12.0. The topological polar surface area (TPSA) is 27.7 Å². The van der Waals surface area contributed by atoms with Gasteiger partial charge >= 0.3 is 0 Å². The SMILES string of the molecule is CCCCCCCCCOC(CCCC(C)CC(C)CC(C)CC(C)CC(C)CC(C)Br)OC(CCCC(C)CC(C)CC(C)CC(C)CC(C)CC(C)Br)OCCCCCCCCC. The van der Waals surface area contributed by atoms with Crippen molar-refractivity contribution in [3.05, 3.63) is 0 Å². The Morgan fingerprint density at radius 2 is 0.523 bits per heavy atom. The Labute approximate surface area is 427 Å². The quantitative estimate of drug-likeness (QED) is 0.0345. The summed E-state index contributed by atoms with van der Waals surface area (Å²) < 4.78 is 20.2. The molecule has 3 nitrogen and oxygen atoms in total. The molecule has 0 heterocycles. The van der Waals surface area contributed by atoms with Gasteiger partial charge in [0.15, 0.2) is 12.6 Å². The lowest BCUT2D eigenvalue weighted by atomic mass is 9.82. The number of alkyl halides is 2. The van der Waals surface area contributed by atoms with Crippen molar-refractivity contribution in [1.29, 1.82) is 0 Å². The first-order valence-corrected chi connectivity index (χ1v) is 30.9. The van der Waals surface area contributed by atoms with Crippen molar-refractivity contribution in [2.45, 2.75) is 312 Å².